The lowest BCUT2D eigenvalue weighted by atomic mass is 10.1. The Kier molecular flexibility index (Phi) is 7.77. The third-order valence-corrected chi connectivity index (χ3v) is 5.79. The predicted molar refractivity (Wildman–Crippen MR) is 138 cm³/mol. The Hall–Kier alpha value is -4.13. The molecule has 0 fully saturated rings. The first kappa shape index (κ1) is 24.0. The minimum atomic E-state index is -0.316. The molecule has 7 heteroatoms. The zero-order valence-electron chi connectivity index (χ0n) is 18.9. The quantitative estimate of drug-likeness (QED) is 0.243. The molecule has 175 valence electrons. The van der Waals surface area contributed by atoms with Gasteiger partial charge in [0.15, 0.2) is 0 Å². The molecule has 0 saturated carbocycles. The highest BCUT2D eigenvalue weighted by Crippen LogP contribution is 2.26. The largest absolute Gasteiger partial charge is 0.348 e. The first-order valence-corrected chi connectivity index (χ1v) is 11.4. The van der Waals surface area contributed by atoms with Crippen molar-refractivity contribution in [3.8, 4) is 0 Å². The first-order chi connectivity index (χ1) is 17.0. The van der Waals surface area contributed by atoms with Crippen LogP contribution in [0, 0.1) is 6.07 Å². The van der Waals surface area contributed by atoms with Crippen molar-refractivity contribution in [1.29, 1.82) is 0 Å². The highest BCUT2D eigenvalue weighted by molar-refractivity contribution is 6.31. The highest BCUT2D eigenvalue weighted by Gasteiger charge is 2.17. The standard InChI is InChI=1S/C28H24ClN4O2/c29-25-15-6-4-11-22(25)19-32-28(35)24-14-5-7-16-26(24)33(30)23-13-8-12-21(17-23)27(34)31-18-20-9-2-1-3-10-20/h1-4,6-17H,18-19,30H2,(H,31,34)(H,32,35). The molecular weight excluding hydrogens is 460 g/mol. The summed E-state index contributed by atoms with van der Waals surface area (Å²) < 4.78 is 0. The van der Waals surface area contributed by atoms with Crippen LogP contribution in [-0.4, -0.2) is 11.8 Å². The van der Waals surface area contributed by atoms with Gasteiger partial charge in [-0.1, -0.05) is 72.3 Å². The van der Waals surface area contributed by atoms with Crippen LogP contribution >= 0.6 is 11.6 Å². The Labute approximate surface area is 209 Å². The van der Waals surface area contributed by atoms with Crippen LogP contribution in [0.5, 0.6) is 0 Å². The summed E-state index contributed by atoms with van der Waals surface area (Å²) >= 11 is 6.19. The van der Waals surface area contributed by atoms with Crippen molar-refractivity contribution in [2.75, 3.05) is 5.01 Å². The van der Waals surface area contributed by atoms with Crippen molar-refractivity contribution in [2.24, 2.45) is 5.84 Å². The molecule has 0 heterocycles. The average molecular weight is 484 g/mol. The fourth-order valence-electron chi connectivity index (χ4n) is 3.54. The van der Waals surface area contributed by atoms with Crippen LogP contribution in [0.1, 0.15) is 31.8 Å². The van der Waals surface area contributed by atoms with Crippen molar-refractivity contribution >= 4 is 34.8 Å². The number of nitrogens with one attached hydrogen (secondary N) is 2. The second kappa shape index (κ2) is 11.3. The van der Waals surface area contributed by atoms with Gasteiger partial charge in [-0.25, -0.2) is 5.84 Å². The molecule has 4 N–H and O–H groups in total. The van der Waals surface area contributed by atoms with E-state index in [0.29, 0.717) is 34.1 Å². The molecule has 0 aromatic heterocycles. The number of nitrogens with zero attached hydrogens (tertiary/aromatic N) is 1. The van der Waals surface area contributed by atoms with Crippen molar-refractivity contribution in [3.05, 3.63) is 130 Å². The van der Waals surface area contributed by atoms with E-state index < -0.39 is 0 Å². The maximum absolute atomic E-state index is 13.0. The van der Waals surface area contributed by atoms with Gasteiger partial charge < -0.3 is 10.6 Å². The maximum Gasteiger partial charge on any atom is 0.253 e. The van der Waals surface area contributed by atoms with Crippen LogP contribution in [0.25, 0.3) is 0 Å². The van der Waals surface area contributed by atoms with Crippen LogP contribution in [0.15, 0.2) is 97.1 Å². The van der Waals surface area contributed by atoms with Gasteiger partial charge in [-0.2, -0.15) is 0 Å². The van der Waals surface area contributed by atoms with Crippen molar-refractivity contribution in [1.82, 2.24) is 10.6 Å². The summed E-state index contributed by atoms with van der Waals surface area (Å²) in [6.07, 6.45) is 0. The first-order valence-electron chi connectivity index (χ1n) is 11.0. The van der Waals surface area contributed by atoms with E-state index in [1.54, 1.807) is 48.5 Å². The van der Waals surface area contributed by atoms with Crippen LogP contribution in [0.4, 0.5) is 11.4 Å². The molecule has 4 aromatic rings. The number of rotatable bonds is 8. The summed E-state index contributed by atoms with van der Waals surface area (Å²) in [6.45, 7) is 0.689. The van der Waals surface area contributed by atoms with Crippen molar-refractivity contribution < 1.29 is 9.59 Å². The molecule has 1 radical (unpaired) electrons. The maximum atomic E-state index is 13.0. The second-order valence-corrected chi connectivity index (χ2v) is 8.21. The van der Waals surface area contributed by atoms with Gasteiger partial charge in [0, 0.05) is 23.7 Å². The Morgan fingerprint density at radius 1 is 0.857 bits per heavy atom. The Morgan fingerprint density at radius 3 is 2.40 bits per heavy atom. The van der Waals surface area contributed by atoms with Crippen molar-refractivity contribution in [2.45, 2.75) is 13.1 Å². The molecule has 0 saturated heterocycles. The van der Waals surface area contributed by atoms with E-state index >= 15 is 0 Å². The minimum absolute atomic E-state index is 0.219. The lowest BCUT2D eigenvalue weighted by molar-refractivity contribution is 0.0943. The summed E-state index contributed by atoms with van der Waals surface area (Å²) in [6, 6.07) is 31.8. The monoisotopic (exact) mass is 483 g/mol. The molecule has 0 atom stereocenters. The highest BCUT2D eigenvalue weighted by atomic mass is 35.5. The van der Waals surface area contributed by atoms with Gasteiger partial charge in [0.25, 0.3) is 11.8 Å². The van der Waals surface area contributed by atoms with E-state index in [2.05, 4.69) is 16.7 Å². The molecule has 4 rings (SSSR count). The second-order valence-electron chi connectivity index (χ2n) is 7.81. The van der Waals surface area contributed by atoms with Gasteiger partial charge in [-0.05, 0) is 53.6 Å². The molecule has 4 aromatic carbocycles. The zero-order chi connectivity index (χ0) is 24.6. The SMILES string of the molecule is NN(c1cccc(C(=O)NCc2ccccc2)c1)c1cc[c]cc1C(=O)NCc1ccccc1Cl. The number of benzene rings is 4. The molecule has 0 aliphatic heterocycles. The molecule has 0 bridgehead atoms. The lowest BCUT2D eigenvalue weighted by Gasteiger charge is -2.22. The van der Waals surface area contributed by atoms with Gasteiger partial charge in [-0.15, -0.1) is 0 Å². The van der Waals surface area contributed by atoms with Crippen LogP contribution < -0.4 is 21.5 Å². The number of halogens is 1. The number of carbonyl (C=O) groups excluding carboxylic acids is 2. The molecule has 0 aliphatic carbocycles. The van der Waals surface area contributed by atoms with E-state index in [1.807, 2.05) is 48.5 Å². The Morgan fingerprint density at radius 2 is 1.60 bits per heavy atom. The number of amides is 2. The fourth-order valence-corrected chi connectivity index (χ4v) is 3.75. The van der Waals surface area contributed by atoms with Gasteiger partial charge >= 0.3 is 0 Å². The molecule has 0 spiro atoms. The molecular formula is C28H24ClN4O2. The molecule has 35 heavy (non-hydrogen) atoms. The summed E-state index contributed by atoms with van der Waals surface area (Å²) in [5.74, 6) is 5.87. The van der Waals surface area contributed by atoms with E-state index in [1.165, 1.54) is 5.01 Å². The normalized spacial score (nSPS) is 10.5. The minimum Gasteiger partial charge on any atom is -0.348 e. The van der Waals surface area contributed by atoms with Crippen LogP contribution in [-0.2, 0) is 13.1 Å². The van der Waals surface area contributed by atoms with Crippen LogP contribution in [0.3, 0.4) is 0 Å². The lowest BCUT2D eigenvalue weighted by Crippen LogP contribution is -2.30. The van der Waals surface area contributed by atoms with Gasteiger partial charge in [0.2, 0.25) is 0 Å². The predicted octanol–water partition coefficient (Wildman–Crippen LogP) is 5.01. The third kappa shape index (κ3) is 6.06. The van der Waals surface area contributed by atoms with Crippen LogP contribution in [0.2, 0.25) is 5.02 Å². The average Bonchev–Trinajstić information content (AvgIpc) is 2.91. The number of hydrogen-bond donors (Lipinski definition) is 3. The van der Waals surface area contributed by atoms with Gasteiger partial charge in [-0.3, -0.25) is 14.6 Å². The van der Waals surface area contributed by atoms with E-state index in [-0.39, 0.29) is 18.4 Å². The topological polar surface area (TPSA) is 87.5 Å². The van der Waals surface area contributed by atoms with Gasteiger partial charge in [0.05, 0.1) is 16.9 Å². The van der Waals surface area contributed by atoms with Crippen molar-refractivity contribution in [3.63, 3.8) is 0 Å². The van der Waals surface area contributed by atoms with Gasteiger partial charge in [0.1, 0.15) is 0 Å². The summed E-state index contributed by atoms with van der Waals surface area (Å²) in [7, 11) is 0. The Bertz CT molecular complexity index is 1330. The smallest absolute Gasteiger partial charge is 0.253 e. The Balaban J connectivity index is 1.48. The van der Waals surface area contributed by atoms with E-state index in [4.69, 9.17) is 17.4 Å². The molecule has 2 amide bonds. The zero-order valence-corrected chi connectivity index (χ0v) is 19.6. The molecule has 0 unspecified atom stereocenters. The number of nitrogens with two attached hydrogens (primary N) is 1. The number of anilines is 2. The molecule has 6 nitrogen and oxygen atoms in total. The number of hydrogen-bond acceptors (Lipinski definition) is 4. The summed E-state index contributed by atoms with van der Waals surface area (Å²) in [5, 5.41) is 7.74. The number of hydrazine groups is 1. The fraction of sp³-hybridized carbons (Fsp3) is 0.0714. The van der Waals surface area contributed by atoms with E-state index in [9.17, 15) is 9.59 Å². The summed E-state index contributed by atoms with van der Waals surface area (Å²) in [5.41, 5.74) is 3.65. The van der Waals surface area contributed by atoms with E-state index in [0.717, 1.165) is 11.1 Å². The molecule has 0 aliphatic rings. The number of carbonyl (C=O) groups is 2. The third-order valence-electron chi connectivity index (χ3n) is 5.42. The summed E-state index contributed by atoms with van der Waals surface area (Å²) in [4.78, 5) is 25.7.